The van der Waals surface area contributed by atoms with Crippen molar-refractivity contribution in [3.05, 3.63) is 60.2 Å². The Morgan fingerprint density at radius 1 is 1.07 bits per heavy atom. The predicted octanol–water partition coefficient (Wildman–Crippen LogP) is 3.91. The van der Waals surface area contributed by atoms with Crippen LogP contribution in [0.2, 0.25) is 0 Å². The summed E-state index contributed by atoms with van der Waals surface area (Å²) < 4.78 is 49.8. The number of pyridine rings is 1. The highest BCUT2D eigenvalue weighted by molar-refractivity contribution is 7.91. The molecule has 0 bridgehead atoms. The molecular formula is C19H19F2N3O2S. The van der Waals surface area contributed by atoms with Crippen LogP contribution >= 0.6 is 0 Å². The molecule has 1 aromatic heterocycles. The molecule has 0 aliphatic carbocycles. The van der Waals surface area contributed by atoms with Crippen molar-refractivity contribution in [3.8, 4) is 0 Å². The molecule has 3 aromatic rings. The Hall–Kier alpha value is -2.74. The maximum absolute atomic E-state index is 13.0. The van der Waals surface area contributed by atoms with Gasteiger partial charge in [0, 0.05) is 26.0 Å². The molecule has 0 radical (unpaired) electrons. The lowest BCUT2D eigenvalue weighted by atomic mass is 10.1. The van der Waals surface area contributed by atoms with Crippen LogP contribution in [-0.4, -0.2) is 33.3 Å². The normalized spacial score (nSPS) is 11.7. The molecule has 8 heteroatoms. The number of alkyl halides is 2. The highest BCUT2D eigenvalue weighted by Crippen LogP contribution is 2.28. The number of halogens is 2. The van der Waals surface area contributed by atoms with Crippen LogP contribution in [0.1, 0.15) is 5.56 Å². The summed E-state index contributed by atoms with van der Waals surface area (Å²) in [5.41, 5.74) is 1.83. The quantitative estimate of drug-likeness (QED) is 0.690. The van der Waals surface area contributed by atoms with Gasteiger partial charge in [0.25, 0.3) is 0 Å². The molecule has 0 amide bonds. The Kier molecular flexibility index (Phi) is 5.27. The average molecular weight is 391 g/mol. The van der Waals surface area contributed by atoms with Gasteiger partial charge >= 0.3 is 5.76 Å². The average Bonchev–Trinajstić information content (AvgIpc) is 2.65. The zero-order valence-corrected chi connectivity index (χ0v) is 15.7. The number of fused-ring (bicyclic) bond motifs is 1. The van der Waals surface area contributed by atoms with Crippen LogP contribution in [0.15, 0.2) is 59.5 Å². The molecule has 0 aliphatic rings. The first-order valence-electron chi connectivity index (χ1n) is 8.21. The fourth-order valence-electron chi connectivity index (χ4n) is 2.75. The highest BCUT2D eigenvalue weighted by Gasteiger charge is 2.28. The number of hydrogen-bond donors (Lipinski definition) is 1. The Morgan fingerprint density at radius 3 is 2.44 bits per heavy atom. The number of para-hydroxylation sites is 2. The van der Waals surface area contributed by atoms with Crippen molar-refractivity contribution in [2.24, 2.45) is 0 Å². The third-order valence-corrected chi connectivity index (χ3v) is 5.58. The summed E-state index contributed by atoms with van der Waals surface area (Å²) in [5.74, 6) is -2.72. The van der Waals surface area contributed by atoms with E-state index in [0.717, 1.165) is 22.3 Å². The zero-order chi connectivity index (χ0) is 19.6. The summed E-state index contributed by atoms with van der Waals surface area (Å²) in [6.07, 6.45) is 0. The molecule has 2 aromatic carbocycles. The third kappa shape index (κ3) is 3.85. The van der Waals surface area contributed by atoms with E-state index in [1.807, 2.05) is 49.3 Å². The highest BCUT2D eigenvalue weighted by atomic mass is 32.2. The van der Waals surface area contributed by atoms with Gasteiger partial charge in [-0.2, -0.15) is 8.78 Å². The van der Waals surface area contributed by atoms with Gasteiger partial charge in [0.2, 0.25) is 9.84 Å². The van der Waals surface area contributed by atoms with E-state index < -0.39 is 20.5 Å². The van der Waals surface area contributed by atoms with E-state index in [9.17, 15) is 17.2 Å². The van der Waals surface area contributed by atoms with Gasteiger partial charge in [-0.3, -0.25) is 0 Å². The molecule has 0 saturated heterocycles. The molecule has 0 spiro atoms. The lowest BCUT2D eigenvalue weighted by Gasteiger charge is -2.17. The molecule has 1 N–H and O–H groups in total. The second-order valence-corrected chi connectivity index (χ2v) is 8.09. The molecule has 5 nitrogen and oxygen atoms in total. The molecule has 3 rings (SSSR count). The SMILES string of the molecule is CN(C)c1cc(CNc2ccccc2S(=O)(=O)C(F)F)c2ccccc2n1. The second kappa shape index (κ2) is 7.48. The van der Waals surface area contributed by atoms with Crippen LogP contribution in [0.25, 0.3) is 10.9 Å². The Morgan fingerprint density at radius 2 is 1.74 bits per heavy atom. The second-order valence-electron chi connectivity index (χ2n) is 6.21. The molecule has 0 atom stereocenters. The van der Waals surface area contributed by atoms with E-state index in [0.29, 0.717) is 0 Å². The number of rotatable bonds is 6. The molecule has 0 aliphatic heterocycles. The van der Waals surface area contributed by atoms with Crippen molar-refractivity contribution >= 4 is 32.2 Å². The van der Waals surface area contributed by atoms with Crippen LogP contribution < -0.4 is 10.2 Å². The Labute approximate surface area is 156 Å². The van der Waals surface area contributed by atoms with E-state index in [4.69, 9.17) is 0 Å². The number of benzene rings is 2. The van der Waals surface area contributed by atoms with Crippen LogP contribution in [0.3, 0.4) is 0 Å². The summed E-state index contributed by atoms with van der Waals surface area (Å²) >= 11 is 0. The smallest absolute Gasteiger partial charge is 0.341 e. The molecule has 1 heterocycles. The van der Waals surface area contributed by atoms with E-state index in [2.05, 4.69) is 10.3 Å². The zero-order valence-electron chi connectivity index (χ0n) is 14.9. The van der Waals surface area contributed by atoms with Crippen LogP contribution in [0.5, 0.6) is 0 Å². The Balaban J connectivity index is 1.99. The number of hydrogen-bond acceptors (Lipinski definition) is 5. The van der Waals surface area contributed by atoms with Crippen LogP contribution in [0.4, 0.5) is 20.3 Å². The number of nitrogens with one attached hydrogen (secondary N) is 1. The number of aromatic nitrogens is 1. The first-order valence-corrected chi connectivity index (χ1v) is 9.76. The lowest BCUT2D eigenvalue weighted by Crippen LogP contribution is -2.15. The van der Waals surface area contributed by atoms with Crippen molar-refractivity contribution in [2.45, 2.75) is 17.2 Å². The Bertz CT molecular complexity index is 1070. The first-order chi connectivity index (χ1) is 12.8. The van der Waals surface area contributed by atoms with E-state index >= 15 is 0 Å². The summed E-state index contributed by atoms with van der Waals surface area (Å²) in [6.45, 7) is 0.264. The van der Waals surface area contributed by atoms with Crippen molar-refractivity contribution in [2.75, 3.05) is 24.3 Å². The van der Waals surface area contributed by atoms with Gasteiger partial charge in [0.1, 0.15) is 5.82 Å². The summed E-state index contributed by atoms with van der Waals surface area (Å²) in [4.78, 5) is 6.03. The number of anilines is 2. The third-order valence-electron chi connectivity index (χ3n) is 4.14. The van der Waals surface area contributed by atoms with Crippen molar-refractivity contribution in [1.82, 2.24) is 4.98 Å². The summed E-state index contributed by atoms with van der Waals surface area (Å²) in [6, 6.07) is 15.1. The topological polar surface area (TPSA) is 62.3 Å². The fourth-order valence-corrected chi connectivity index (χ4v) is 3.66. The van der Waals surface area contributed by atoms with Crippen molar-refractivity contribution in [3.63, 3.8) is 0 Å². The molecule has 0 unspecified atom stereocenters. The van der Waals surface area contributed by atoms with E-state index in [1.165, 1.54) is 18.2 Å². The minimum Gasteiger partial charge on any atom is -0.380 e. The van der Waals surface area contributed by atoms with Gasteiger partial charge in [-0.25, -0.2) is 13.4 Å². The van der Waals surface area contributed by atoms with Gasteiger partial charge in [-0.1, -0.05) is 30.3 Å². The molecule has 27 heavy (non-hydrogen) atoms. The van der Waals surface area contributed by atoms with Gasteiger partial charge in [0.15, 0.2) is 0 Å². The van der Waals surface area contributed by atoms with Gasteiger partial charge in [-0.15, -0.1) is 0 Å². The van der Waals surface area contributed by atoms with E-state index in [-0.39, 0.29) is 12.2 Å². The number of sulfone groups is 1. The summed E-state index contributed by atoms with van der Waals surface area (Å²) in [5, 5.41) is 3.90. The molecular weight excluding hydrogens is 372 g/mol. The number of nitrogens with zero attached hydrogens (tertiary/aromatic N) is 2. The van der Waals surface area contributed by atoms with E-state index in [1.54, 1.807) is 6.07 Å². The predicted molar refractivity (Wildman–Crippen MR) is 103 cm³/mol. The largest absolute Gasteiger partial charge is 0.380 e. The standard InChI is InChI=1S/C19H19F2N3O2S/c1-24(2)18-11-13(14-7-3-4-8-15(14)23-18)12-22-16-9-5-6-10-17(16)27(25,26)19(20)21/h3-11,19,22H,12H2,1-2H3. The first kappa shape index (κ1) is 19.0. The summed E-state index contributed by atoms with van der Waals surface area (Å²) in [7, 11) is -0.945. The van der Waals surface area contributed by atoms with Crippen molar-refractivity contribution < 1.29 is 17.2 Å². The molecule has 142 valence electrons. The lowest BCUT2D eigenvalue weighted by molar-refractivity contribution is 0.235. The molecule has 0 saturated carbocycles. The van der Waals surface area contributed by atoms with Crippen LogP contribution in [-0.2, 0) is 16.4 Å². The monoisotopic (exact) mass is 391 g/mol. The maximum atomic E-state index is 13.0. The van der Waals surface area contributed by atoms with Crippen molar-refractivity contribution in [1.29, 1.82) is 0 Å². The van der Waals surface area contributed by atoms with Gasteiger partial charge in [-0.05, 0) is 29.8 Å². The van der Waals surface area contributed by atoms with Crippen LogP contribution in [0, 0.1) is 0 Å². The maximum Gasteiger partial charge on any atom is 0.341 e. The van der Waals surface area contributed by atoms with Gasteiger partial charge in [0.05, 0.1) is 16.1 Å². The minimum atomic E-state index is -4.69. The molecule has 0 fully saturated rings. The van der Waals surface area contributed by atoms with Gasteiger partial charge < -0.3 is 10.2 Å². The fraction of sp³-hybridized carbons (Fsp3) is 0.211. The minimum absolute atomic E-state index is 0.144.